The second-order valence-corrected chi connectivity index (χ2v) is 10.5. The zero-order valence-electron chi connectivity index (χ0n) is 16.6. The predicted molar refractivity (Wildman–Crippen MR) is 117 cm³/mol. The summed E-state index contributed by atoms with van der Waals surface area (Å²) in [5, 5.41) is 6.50. The Bertz CT molecular complexity index is 1100. The number of thiophene rings is 1. The van der Waals surface area contributed by atoms with Gasteiger partial charge in [-0.25, -0.2) is 18.1 Å². The van der Waals surface area contributed by atoms with Gasteiger partial charge < -0.3 is 4.90 Å². The Balaban J connectivity index is 1.51. The van der Waals surface area contributed by atoms with Crippen molar-refractivity contribution < 1.29 is 13.2 Å². The largest absolute Gasteiger partial charge is 0.333 e. The van der Waals surface area contributed by atoms with Crippen molar-refractivity contribution in [2.45, 2.75) is 0 Å². The van der Waals surface area contributed by atoms with Gasteiger partial charge in [-0.2, -0.15) is 0 Å². The first-order chi connectivity index (χ1) is 14.4. The van der Waals surface area contributed by atoms with Crippen molar-refractivity contribution in [1.29, 1.82) is 0 Å². The molecule has 0 bridgehead atoms. The van der Waals surface area contributed by atoms with Gasteiger partial charge in [0.1, 0.15) is 9.84 Å². The molecule has 4 rings (SSSR count). The second kappa shape index (κ2) is 8.66. The molecule has 3 heterocycles. The number of para-hydroxylation sites is 1. The molecular weight excluding hydrogens is 422 g/mol. The topological polar surface area (TPSA) is 88.4 Å². The molecule has 3 aromatic rings. The number of amides is 1. The molecule has 1 saturated heterocycles. The number of rotatable bonds is 6. The van der Waals surface area contributed by atoms with Crippen LogP contribution in [0, 0.1) is 0 Å². The maximum absolute atomic E-state index is 13.1. The van der Waals surface area contributed by atoms with Crippen LogP contribution in [-0.2, 0) is 9.84 Å². The highest BCUT2D eigenvalue weighted by Crippen LogP contribution is 2.26. The zero-order chi connectivity index (χ0) is 21.1. The number of aromatic nitrogens is 3. The molecule has 0 unspecified atom stereocenters. The van der Waals surface area contributed by atoms with Crippen LogP contribution in [0.25, 0.3) is 16.4 Å². The summed E-state index contributed by atoms with van der Waals surface area (Å²) in [5.74, 6) is 0.747. The van der Waals surface area contributed by atoms with Crippen molar-refractivity contribution in [3.8, 4) is 16.4 Å². The van der Waals surface area contributed by atoms with E-state index in [9.17, 15) is 13.2 Å². The summed E-state index contributed by atoms with van der Waals surface area (Å²) in [6, 6.07) is 13.5. The number of hydrogen-bond donors (Lipinski definition) is 0. The standard InChI is InChI=1S/C20H23N5O3S2/c1-30(27,28)15-13-23-9-11-24(12-10-23)20(26)18-21-19(17-8-5-14-29-17)25(22-18)16-6-3-2-4-7-16/h2-8,14H,9-13,15H2,1H3. The van der Waals surface area contributed by atoms with Crippen molar-refractivity contribution in [3.05, 3.63) is 53.7 Å². The Kier molecular flexibility index (Phi) is 5.98. The second-order valence-electron chi connectivity index (χ2n) is 7.25. The van der Waals surface area contributed by atoms with Crippen molar-refractivity contribution in [3.63, 3.8) is 0 Å². The fourth-order valence-electron chi connectivity index (χ4n) is 3.33. The minimum Gasteiger partial charge on any atom is -0.333 e. The van der Waals surface area contributed by atoms with E-state index in [4.69, 9.17) is 0 Å². The molecule has 10 heteroatoms. The van der Waals surface area contributed by atoms with Gasteiger partial charge in [-0.3, -0.25) is 9.69 Å². The third-order valence-electron chi connectivity index (χ3n) is 4.98. The molecule has 30 heavy (non-hydrogen) atoms. The summed E-state index contributed by atoms with van der Waals surface area (Å²) >= 11 is 1.55. The minimum atomic E-state index is -2.99. The van der Waals surface area contributed by atoms with Crippen LogP contribution in [0.2, 0.25) is 0 Å². The van der Waals surface area contributed by atoms with Gasteiger partial charge in [-0.15, -0.1) is 16.4 Å². The van der Waals surface area contributed by atoms with E-state index in [0.717, 1.165) is 10.6 Å². The quantitative estimate of drug-likeness (QED) is 0.575. The van der Waals surface area contributed by atoms with Gasteiger partial charge in [-0.1, -0.05) is 24.3 Å². The van der Waals surface area contributed by atoms with Crippen molar-refractivity contribution in [1.82, 2.24) is 24.6 Å². The monoisotopic (exact) mass is 445 g/mol. The van der Waals surface area contributed by atoms with E-state index >= 15 is 0 Å². The van der Waals surface area contributed by atoms with E-state index < -0.39 is 9.84 Å². The Hall–Kier alpha value is -2.56. The molecule has 0 atom stereocenters. The van der Waals surface area contributed by atoms with Gasteiger partial charge in [0.05, 0.1) is 16.3 Å². The molecule has 0 spiro atoms. The fourth-order valence-corrected chi connectivity index (χ4v) is 4.62. The van der Waals surface area contributed by atoms with E-state index in [2.05, 4.69) is 15.0 Å². The molecule has 0 aliphatic carbocycles. The predicted octanol–water partition coefficient (Wildman–Crippen LogP) is 1.80. The molecule has 8 nitrogen and oxygen atoms in total. The Morgan fingerprint density at radius 3 is 2.43 bits per heavy atom. The molecular formula is C20H23N5O3S2. The highest BCUT2D eigenvalue weighted by Gasteiger charge is 2.27. The lowest BCUT2D eigenvalue weighted by Gasteiger charge is -2.33. The van der Waals surface area contributed by atoms with Gasteiger partial charge >= 0.3 is 0 Å². The van der Waals surface area contributed by atoms with E-state index in [1.165, 1.54) is 6.26 Å². The summed E-state index contributed by atoms with van der Waals surface area (Å²) in [6.45, 7) is 2.81. The van der Waals surface area contributed by atoms with Crippen molar-refractivity contribution >= 4 is 27.1 Å². The van der Waals surface area contributed by atoms with E-state index in [-0.39, 0.29) is 17.5 Å². The van der Waals surface area contributed by atoms with E-state index in [0.29, 0.717) is 38.5 Å². The third-order valence-corrected chi connectivity index (χ3v) is 6.77. The van der Waals surface area contributed by atoms with Crippen LogP contribution in [0.4, 0.5) is 0 Å². The number of carbonyl (C=O) groups is 1. The van der Waals surface area contributed by atoms with Crippen LogP contribution in [0.1, 0.15) is 10.6 Å². The average Bonchev–Trinajstić information content (AvgIpc) is 3.42. The van der Waals surface area contributed by atoms with Crippen LogP contribution >= 0.6 is 11.3 Å². The van der Waals surface area contributed by atoms with Crippen LogP contribution < -0.4 is 0 Å². The minimum absolute atomic E-state index is 0.133. The Morgan fingerprint density at radius 2 is 1.80 bits per heavy atom. The molecule has 0 N–H and O–H groups in total. The maximum atomic E-state index is 13.1. The summed E-state index contributed by atoms with van der Waals surface area (Å²) in [6.07, 6.45) is 1.24. The fraction of sp³-hybridized carbons (Fsp3) is 0.350. The lowest BCUT2D eigenvalue weighted by Crippen LogP contribution is -2.49. The molecule has 2 aromatic heterocycles. The normalized spacial score (nSPS) is 15.4. The van der Waals surface area contributed by atoms with Gasteiger partial charge in [-0.05, 0) is 23.6 Å². The molecule has 1 aliphatic heterocycles. The van der Waals surface area contributed by atoms with Gasteiger partial charge in [0.25, 0.3) is 5.91 Å². The van der Waals surface area contributed by atoms with Crippen LogP contribution in [-0.4, -0.2) is 83.6 Å². The smallest absolute Gasteiger partial charge is 0.293 e. The van der Waals surface area contributed by atoms with Crippen molar-refractivity contribution in [2.24, 2.45) is 0 Å². The molecule has 1 fully saturated rings. The van der Waals surface area contributed by atoms with Gasteiger partial charge in [0.15, 0.2) is 5.82 Å². The third kappa shape index (κ3) is 4.77. The summed E-state index contributed by atoms with van der Waals surface area (Å²) in [4.78, 5) is 22.4. The highest BCUT2D eigenvalue weighted by atomic mass is 32.2. The first kappa shape index (κ1) is 20.7. The summed E-state index contributed by atoms with van der Waals surface area (Å²) in [7, 11) is -2.99. The van der Waals surface area contributed by atoms with E-state index in [1.807, 2.05) is 47.8 Å². The van der Waals surface area contributed by atoms with Gasteiger partial charge in [0, 0.05) is 39.0 Å². The number of benzene rings is 1. The molecule has 1 aliphatic rings. The number of nitrogens with zero attached hydrogens (tertiary/aromatic N) is 5. The lowest BCUT2D eigenvalue weighted by atomic mass is 10.3. The summed E-state index contributed by atoms with van der Waals surface area (Å²) in [5.41, 5.74) is 0.845. The highest BCUT2D eigenvalue weighted by molar-refractivity contribution is 7.90. The Labute approximate surface area is 179 Å². The van der Waals surface area contributed by atoms with Gasteiger partial charge in [0.2, 0.25) is 5.82 Å². The zero-order valence-corrected chi connectivity index (χ0v) is 18.3. The number of piperazine rings is 1. The average molecular weight is 446 g/mol. The number of hydrogen-bond acceptors (Lipinski definition) is 7. The molecule has 1 amide bonds. The maximum Gasteiger partial charge on any atom is 0.293 e. The molecule has 1 aromatic carbocycles. The number of carbonyl (C=O) groups excluding carboxylic acids is 1. The lowest BCUT2D eigenvalue weighted by molar-refractivity contribution is 0.0632. The summed E-state index contributed by atoms with van der Waals surface area (Å²) < 4.78 is 24.5. The van der Waals surface area contributed by atoms with Crippen LogP contribution in [0.15, 0.2) is 47.8 Å². The molecule has 0 radical (unpaired) electrons. The molecule has 0 saturated carbocycles. The first-order valence-corrected chi connectivity index (χ1v) is 12.6. The van der Waals surface area contributed by atoms with E-state index in [1.54, 1.807) is 20.9 Å². The SMILES string of the molecule is CS(=O)(=O)CCN1CCN(C(=O)c2nc(-c3cccs3)n(-c3ccccc3)n2)CC1. The van der Waals surface area contributed by atoms with Crippen molar-refractivity contribution in [2.75, 3.05) is 44.7 Å². The number of sulfone groups is 1. The van der Waals surface area contributed by atoms with Crippen LogP contribution in [0.5, 0.6) is 0 Å². The Morgan fingerprint density at radius 1 is 1.07 bits per heavy atom. The molecule has 158 valence electrons. The van der Waals surface area contributed by atoms with Crippen LogP contribution in [0.3, 0.4) is 0 Å². The first-order valence-electron chi connectivity index (χ1n) is 9.66.